The van der Waals surface area contributed by atoms with Crippen LogP contribution in [-0.4, -0.2) is 18.2 Å². The number of halogens is 1. The monoisotopic (exact) mass is 340 g/mol. The maximum Gasteiger partial charge on any atom is 0.252 e. The lowest BCUT2D eigenvalue weighted by Crippen LogP contribution is -2.21. The molecular weight excluding hydrogens is 323 g/mol. The first-order valence-electron chi connectivity index (χ1n) is 8.10. The lowest BCUT2D eigenvalue weighted by molar-refractivity contribution is 0.172. The van der Waals surface area contributed by atoms with Gasteiger partial charge in [-0.2, -0.15) is 0 Å². The van der Waals surface area contributed by atoms with Crippen molar-refractivity contribution in [3.05, 3.63) is 69.8 Å². The summed E-state index contributed by atoms with van der Waals surface area (Å²) >= 11 is 0. The van der Waals surface area contributed by atoms with E-state index in [1.807, 2.05) is 12.1 Å². The van der Waals surface area contributed by atoms with E-state index in [9.17, 15) is 9.18 Å². The number of aromatic nitrogens is 1. The normalized spacial score (nSPS) is 13.2. The van der Waals surface area contributed by atoms with Crippen LogP contribution in [-0.2, 0) is 13.1 Å². The van der Waals surface area contributed by atoms with Crippen LogP contribution >= 0.6 is 0 Å². The average Bonchev–Trinajstić information content (AvgIpc) is 2.62. The fourth-order valence-corrected chi connectivity index (χ4v) is 2.86. The zero-order chi connectivity index (χ0) is 17.2. The van der Waals surface area contributed by atoms with Crippen LogP contribution in [0.3, 0.4) is 0 Å². The van der Waals surface area contributed by atoms with Gasteiger partial charge in [-0.05, 0) is 29.8 Å². The molecule has 0 amide bonds. The topological polar surface area (TPSA) is 63.4 Å². The molecule has 6 heteroatoms. The number of fused-ring (bicyclic) bond motifs is 2. The van der Waals surface area contributed by atoms with Crippen LogP contribution in [0, 0.1) is 5.82 Å². The van der Waals surface area contributed by atoms with Crippen LogP contribution in [0.1, 0.15) is 11.1 Å². The second-order valence-corrected chi connectivity index (χ2v) is 5.94. The maximum atomic E-state index is 12.9. The smallest absolute Gasteiger partial charge is 0.252 e. The minimum absolute atomic E-state index is 0.143. The highest BCUT2D eigenvalue weighted by molar-refractivity contribution is 5.83. The Hall–Kier alpha value is -2.86. The Morgan fingerprint density at radius 1 is 1.00 bits per heavy atom. The Morgan fingerprint density at radius 3 is 2.48 bits per heavy atom. The molecular formula is C19H17FN2O3. The van der Waals surface area contributed by atoms with Gasteiger partial charge in [-0.3, -0.25) is 4.79 Å². The largest absolute Gasteiger partial charge is 0.486 e. The number of aromatic amines is 1. The fourth-order valence-electron chi connectivity index (χ4n) is 2.86. The maximum absolute atomic E-state index is 12.9. The SMILES string of the molecule is O=c1[nH]c2cc3c(cc2cc1CNCc1ccc(F)cc1)OCCO3. The molecule has 5 nitrogen and oxygen atoms in total. The summed E-state index contributed by atoms with van der Waals surface area (Å²) in [7, 11) is 0. The first-order chi connectivity index (χ1) is 12.2. The summed E-state index contributed by atoms with van der Waals surface area (Å²) in [4.78, 5) is 15.2. The van der Waals surface area contributed by atoms with Crippen molar-refractivity contribution in [3.63, 3.8) is 0 Å². The van der Waals surface area contributed by atoms with Crippen LogP contribution in [0.2, 0.25) is 0 Å². The van der Waals surface area contributed by atoms with Gasteiger partial charge in [-0.25, -0.2) is 4.39 Å². The molecule has 2 heterocycles. The molecule has 128 valence electrons. The van der Waals surface area contributed by atoms with Gasteiger partial charge in [0.05, 0.1) is 5.52 Å². The lowest BCUT2D eigenvalue weighted by atomic mass is 10.1. The second-order valence-electron chi connectivity index (χ2n) is 5.94. The van der Waals surface area contributed by atoms with Gasteiger partial charge in [0, 0.05) is 30.1 Å². The number of rotatable bonds is 4. The third kappa shape index (κ3) is 3.34. The van der Waals surface area contributed by atoms with Crippen LogP contribution in [0.25, 0.3) is 10.9 Å². The molecule has 0 unspecified atom stereocenters. The second kappa shape index (κ2) is 6.57. The van der Waals surface area contributed by atoms with Crippen molar-refractivity contribution in [1.82, 2.24) is 10.3 Å². The molecule has 1 aliphatic heterocycles. The molecule has 1 aliphatic rings. The molecule has 2 N–H and O–H groups in total. The molecule has 0 spiro atoms. The summed E-state index contributed by atoms with van der Waals surface area (Å²) in [6.45, 7) is 2.00. The zero-order valence-corrected chi connectivity index (χ0v) is 13.5. The number of hydrogen-bond donors (Lipinski definition) is 2. The lowest BCUT2D eigenvalue weighted by Gasteiger charge is -2.18. The predicted octanol–water partition coefficient (Wildman–Crippen LogP) is 2.73. The molecule has 0 aliphatic carbocycles. The van der Waals surface area contributed by atoms with Gasteiger partial charge < -0.3 is 19.8 Å². The van der Waals surface area contributed by atoms with Gasteiger partial charge in [0.2, 0.25) is 0 Å². The molecule has 4 rings (SSSR count). The zero-order valence-electron chi connectivity index (χ0n) is 13.5. The van der Waals surface area contributed by atoms with Gasteiger partial charge in [0.25, 0.3) is 5.56 Å². The first kappa shape index (κ1) is 15.7. The highest BCUT2D eigenvalue weighted by atomic mass is 19.1. The summed E-state index contributed by atoms with van der Waals surface area (Å²) in [5, 5.41) is 4.10. The van der Waals surface area contributed by atoms with Crippen molar-refractivity contribution in [2.24, 2.45) is 0 Å². The van der Waals surface area contributed by atoms with Crippen LogP contribution in [0.5, 0.6) is 11.5 Å². The van der Waals surface area contributed by atoms with Crippen molar-refractivity contribution in [2.45, 2.75) is 13.1 Å². The number of benzene rings is 2. The van der Waals surface area contributed by atoms with Crippen LogP contribution < -0.4 is 20.3 Å². The van der Waals surface area contributed by atoms with Crippen molar-refractivity contribution in [1.29, 1.82) is 0 Å². The summed E-state index contributed by atoms with van der Waals surface area (Å²) in [5.74, 6) is 1.08. The third-order valence-electron chi connectivity index (χ3n) is 4.14. The van der Waals surface area contributed by atoms with Crippen molar-refractivity contribution < 1.29 is 13.9 Å². The van der Waals surface area contributed by atoms with Crippen molar-refractivity contribution in [2.75, 3.05) is 13.2 Å². The number of pyridine rings is 1. The number of nitrogens with one attached hydrogen (secondary N) is 2. The molecule has 0 atom stereocenters. The fraction of sp³-hybridized carbons (Fsp3) is 0.211. The Kier molecular flexibility index (Phi) is 4.11. The molecule has 0 saturated carbocycles. The van der Waals surface area contributed by atoms with E-state index in [1.165, 1.54) is 12.1 Å². The standard InChI is InChI=1S/C19H17FN2O3/c20-15-3-1-12(2-4-15)10-21-11-14-7-13-8-17-18(25-6-5-24-17)9-16(13)22-19(14)23/h1-4,7-9,21H,5-6,10-11H2,(H,22,23). The van der Waals surface area contributed by atoms with Crippen LogP contribution in [0.15, 0.2) is 47.3 Å². The number of ether oxygens (including phenoxy) is 2. The minimum atomic E-state index is -0.260. The van der Waals surface area contributed by atoms with E-state index < -0.39 is 0 Å². The number of H-pyrrole nitrogens is 1. The van der Waals surface area contributed by atoms with Gasteiger partial charge in [-0.1, -0.05) is 12.1 Å². The summed E-state index contributed by atoms with van der Waals surface area (Å²) in [6, 6.07) is 11.8. The van der Waals surface area contributed by atoms with Gasteiger partial charge >= 0.3 is 0 Å². The minimum Gasteiger partial charge on any atom is -0.486 e. The van der Waals surface area contributed by atoms with E-state index in [0.717, 1.165) is 16.5 Å². The van der Waals surface area contributed by atoms with E-state index in [4.69, 9.17) is 9.47 Å². The van der Waals surface area contributed by atoms with E-state index in [2.05, 4.69) is 10.3 Å². The van der Waals surface area contributed by atoms with Crippen molar-refractivity contribution >= 4 is 10.9 Å². The Bertz CT molecular complexity index is 967. The van der Waals surface area contributed by atoms with E-state index in [1.54, 1.807) is 18.2 Å². The molecule has 0 radical (unpaired) electrons. The Balaban J connectivity index is 1.53. The molecule has 0 bridgehead atoms. The van der Waals surface area contributed by atoms with Crippen molar-refractivity contribution in [3.8, 4) is 11.5 Å². The van der Waals surface area contributed by atoms with E-state index >= 15 is 0 Å². The highest BCUT2D eigenvalue weighted by Gasteiger charge is 2.14. The van der Waals surface area contributed by atoms with Gasteiger partial charge in [-0.15, -0.1) is 0 Å². The highest BCUT2D eigenvalue weighted by Crippen LogP contribution is 2.33. The van der Waals surface area contributed by atoms with Gasteiger partial charge in [0.1, 0.15) is 19.0 Å². The van der Waals surface area contributed by atoms with E-state index in [-0.39, 0.29) is 11.4 Å². The molecule has 1 aromatic heterocycles. The third-order valence-corrected chi connectivity index (χ3v) is 4.14. The Labute approximate surface area is 143 Å². The van der Waals surface area contributed by atoms with E-state index in [0.29, 0.717) is 43.4 Å². The summed E-state index contributed by atoms with van der Waals surface area (Å²) in [6.07, 6.45) is 0. The predicted molar refractivity (Wildman–Crippen MR) is 92.5 cm³/mol. The van der Waals surface area contributed by atoms with Gasteiger partial charge in [0.15, 0.2) is 11.5 Å². The average molecular weight is 340 g/mol. The summed E-state index contributed by atoms with van der Waals surface area (Å²) < 4.78 is 24.0. The molecule has 25 heavy (non-hydrogen) atoms. The summed E-state index contributed by atoms with van der Waals surface area (Å²) in [5.41, 5.74) is 2.16. The Morgan fingerprint density at radius 2 is 1.72 bits per heavy atom. The quantitative estimate of drug-likeness (QED) is 0.767. The molecule has 2 aromatic carbocycles. The van der Waals surface area contributed by atoms with Crippen LogP contribution in [0.4, 0.5) is 4.39 Å². The molecule has 3 aromatic rings. The molecule has 0 saturated heterocycles. The number of hydrogen-bond acceptors (Lipinski definition) is 4. The molecule has 0 fully saturated rings. The first-order valence-corrected chi connectivity index (χ1v) is 8.10.